The largest absolute Gasteiger partial charge is 0.435 e. The van der Waals surface area contributed by atoms with Crippen LogP contribution in [0.25, 0.3) is 0 Å². The Balaban J connectivity index is 2.10. The van der Waals surface area contributed by atoms with Gasteiger partial charge in [0.2, 0.25) is 0 Å². The van der Waals surface area contributed by atoms with Gasteiger partial charge in [-0.3, -0.25) is 4.79 Å². The van der Waals surface area contributed by atoms with Crippen molar-refractivity contribution < 1.29 is 18.3 Å². The smallest absolute Gasteiger partial charge is 0.387 e. The minimum atomic E-state index is -2.90. The predicted molar refractivity (Wildman–Crippen MR) is 66.4 cm³/mol. The van der Waals surface area contributed by atoms with E-state index in [0.29, 0.717) is 25.2 Å². The van der Waals surface area contributed by atoms with Crippen LogP contribution in [0.2, 0.25) is 0 Å². The molecule has 1 aromatic carbocycles. The number of carbonyl (C=O) groups excluding carboxylic acids is 1. The Morgan fingerprint density at radius 3 is 2.75 bits per heavy atom. The van der Waals surface area contributed by atoms with Crippen LogP contribution in [0, 0.1) is 11.3 Å². The lowest BCUT2D eigenvalue weighted by Crippen LogP contribution is -2.53. The Labute approximate surface area is 114 Å². The van der Waals surface area contributed by atoms with Crippen molar-refractivity contribution in [3.63, 3.8) is 0 Å². The van der Waals surface area contributed by atoms with E-state index in [0.717, 1.165) is 0 Å². The summed E-state index contributed by atoms with van der Waals surface area (Å²) in [6, 6.07) is 6.98. The fourth-order valence-corrected chi connectivity index (χ4v) is 2.01. The van der Waals surface area contributed by atoms with E-state index in [1.54, 1.807) is 0 Å². The Morgan fingerprint density at radius 1 is 1.45 bits per heavy atom. The zero-order valence-electron chi connectivity index (χ0n) is 10.6. The molecule has 0 aromatic heterocycles. The van der Waals surface area contributed by atoms with E-state index in [-0.39, 0.29) is 11.7 Å². The van der Waals surface area contributed by atoms with E-state index >= 15 is 0 Å². The van der Waals surface area contributed by atoms with E-state index in [4.69, 9.17) is 5.26 Å². The highest BCUT2D eigenvalue weighted by Crippen LogP contribution is 2.17. The van der Waals surface area contributed by atoms with E-state index in [2.05, 4.69) is 16.1 Å². The van der Waals surface area contributed by atoms with Crippen LogP contribution in [-0.2, 0) is 0 Å². The van der Waals surface area contributed by atoms with Crippen LogP contribution in [0.15, 0.2) is 24.3 Å². The highest BCUT2D eigenvalue weighted by Gasteiger charge is 2.27. The molecule has 1 fully saturated rings. The first-order chi connectivity index (χ1) is 9.61. The summed E-state index contributed by atoms with van der Waals surface area (Å²) in [7, 11) is 0. The summed E-state index contributed by atoms with van der Waals surface area (Å²) in [5.41, 5.74) is 0.341. The molecule has 106 valence electrons. The number of nitriles is 1. The van der Waals surface area contributed by atoms with Crippen molar-refractivity contribution in [2.75, 3.05) is 19.6 Å². The predicted octanol–water partition coefficient (Wildman–Crippen LogP) is 1.23. The number of nitrogens with zero attached hydrogens (tertiary/aromatic N) is 2. The zero-order valence-corrected chi connectivity index (χ0v) is 10.6. The molecule has 1 unspecified atom stereocenters. The number of alkyl halides is 2. The van der Waals surface area contributed by atoms with Crippen LogP contribution in [0.3, 0.4) is 0 Å². The third-order valence-corrected chi connectivity index (χ3v) is 2.98. The van der Waals surface area contributed by atoms with Gasteiger partial charge >= 0.3 is 6.61 Å². The Kier molecular flexibility index (Phi) is 4.48. The molecule has 5 nitrogen and oxygen atoms in total. The van der Waals surface area contributed by atoms with Crippen molar-refractivity contribution in [2.45, 2.75) is 12.7 Å². The highest BCUT2D eigenvalue weighted by molar-refractivity contribution is 5.94. The van der Waals surface area contributed by atoms with Crippen molar-refractivity contribution in [3.8, 4) is 11.8 Å². The summed E-state index contributed by atoms with van der Waals surface area (Å²) < 4.78 is 28.3. The second-order valence-corrected chi connectivity index (χ2v) is 4.25. The normalized spacial score (nSPS) is 18.7. The first-order valence-electron chi connectivity index (χ1n) is 6.08. The van der Waals surface area contributed by atoms with Crippen molar-refractivity contribution >= 4 is 5.91 Å². The Hall–Kier alpha value is -2.20. The molecule has 0 aliphatic carbocycles. The molecule has 7 heteroatoms. The molecule has 1 atom stereocenters. The van der Waals surface area contributed by atoms with Crippen LogP contribution in [0.5, 0.6) is 5.75 Å². The van der Waals surface area contributed by atoms with Gasteiger partial charge in [-0.05, 0) is 24.3 Å². The molecule has 1 amide bonds. The van der Waals surface area contributed by atoms with Crippen LogP contribution in [0.1, 0.15) is 10.4 Å². The van der Waals surface area contributed by atoms with E-state index < -0.39 is 12.7 Å². The summed E-state index contributed by atoms with van der Waals surface area (Å²) in [5, 5.41) is 12.0. The minimum absolute atomic E-state index is 0.00584. The lowest BCUT2D eigenvalue weighted by molar-refractivity contribution is -0.0498. The summed E-state index contributed by atoms with van der Waals surface area (Å²) >= 11 is 0. The number of rotatable bonds is 3. The molecule has 0 radical (unpaired) electrons. The summed E-state index contributed by atoms with van der Waals surface area (Å²) in [5.74, 6) is -0.296. The number of benzene rings is 1. The maximum atomic E-state index is 12.3. The van der Waals surface area contributed by atoms with Gasteiger partial charge in [0.15, 0.2) is 0 Å². The molecule has 1 aliphatic heterocycles. The standard InChI is InChI=1S/C13H13F2N3O2/c14-13(15)20-11-3-1-9(2-4-11)12(19)18-6-5-17-8-10(18)7-16/h1-4,10,13,17H,5-6,8H2. The van der Waals surface area contributed by atoms with Crippen molar-refractivity contribution in [1.82, 2.24) is 10.2 Å². The number of carbonyl (C=O) groups is 1. The summed E-state index contributed by atoms with van der Waals surface area (Å²) in [6.45, 7) is -1.41. The number of hydrogen-bond donors (Lipinski definition) is 1. The third-order valence-electron chi connectivity index (χ3n) is 2.98. The first kappa shape index (κ1) is 14.2. The van der Waals surface area contributed by atoms with Crippen LogP contribution < -0.4 is 10.1 Å². The average molecular weight is 281 g/mol. The van der Waals surface area contributed by atoms with Gasteiger partial charge in [-0.15, -0.1) is 0 Å². The molecule has 1 heterocycles. The topological polar surface area (TPSA) is 65.4 Å². The lowest BCUT2D eigenvalue weighted by Gasteiger charge is -2.32. The number of nitrogens with one attached hydrogen (secondary N) is 1. The quantitative estimate of drug-likeness (QED) is 0.905. The van der Waals surface area contributed by atoms with Crippen molar-refractivity contribution in [1.29, 1.82) is 5.26 Å². The molecule has 0 saturated carbocycles. The molecule has 0 bridgehead atoms. The van der Waals surface area contributed by atoms with E-state index in [1.807, 2.05) is 0 Å². The third kappa shape index (κ3) is 3.22. The van der Waals surface area contributed by atoms with Gasteiger partial charge in [0, 0.05) is 25.2 Å². The van der Waals surface area contributed by atoms with E-state index in [1.165, 1.54) is 29.2 Å². The van der Waals surface area contributed by atoms with Gasteiger partial charge in [0.05, 0.1) is 6.07 Å². The summed E-state index contributed by atoms with van der Waals surface area (Å²) in [6.07, 6.45) is 0. The number of ether oxygens (including phenoxy) is 1. The maximum absolute atomic E-state index is 12.3. The number of halogens is 2. The number of hydrogen-bond acceptors (Lipinski definition) is 4. The monoisotopic (exact) mass is 281 g/mol. The molecule has 0 spiro atoms. The van der Waals surface area contributed by atoms with Crippen molar-refractivity contribution in [3.05, 3.63) is 29.8 Å². The Morgan fingerprint density at radius 2 is 2.15 bits per heavy atom. The summed E-state index contributed by atoms with van der Waals surface area (Å²) in [4.78, 5) is 13.7. The average Bonchev–Trinajstić information content (AvgIpc) is 2.46. The second-order valence-electron chi connectivity index (χ2n) is 4.25. The fourth-order valence-electron chi connectivity index (χ4n) is 2.01. The number of piperazine rings is 1. The maximum Gasteiger partial charge on any atom is 0.387 e. The van der Waals surface area contributed by atoms with Gasteiger partial charge < -0.3 is 15.0 Å². The first-order valence-corrected chi connectivity index (χ1v) is 6.08. The molecular weight excluding hydrogens is 268 g/mol. The van der Waals surface area contributed by atoms with Gasteiger partial charge in [-0.25, -0.2) is 0 Å². The molecule has 1 saturated heterocycles. The van der Waals surface area contributed by atoms with Gasteiger partial charge in [0.1, 0.15) is 11.8 Å². The van der Waals surface area contributed by atoms with Crippen LogP contribution >= 0.6 is 0 Å². The molecule has 20 heavy (non-hydrogen) atoms. The van der Waals surface area contributed by atoms with Crippen LogP contribution in [0.4, 0.5) is 8.78 Å². The molecular formula is C13H13F2N3O2. The van der Waals surface area contributed by atoms with Gasteiger partial charge in [-0.2, -0.15) is 14.0 Å². The molecule has 1 aromatic rings. The Bertz CT molecular complexity index is 513. The molecule has 1 aliphatic rings. The minimum Gasteiger partial charge on any atom is -0.435 e. The highest BCUT2D eigenvalue weighted by atomic mass is 19.3. The number of amides is 1. The van der Waals surface area contributed by atoms with Crippen LogP contribution in [-0.4, -0.2) is 43.1 Å². The van der Waals surface area contributed by atoms with E-state index in [9.17, 15) is 13.6 Å². The molecule has 2 rings (SSSR count). The zero-order chi connectivity index (χ0) is 14.5. The SMILES string of the molecule is N#CC1CNCCN1C(=O)c1ccc(OC(F)F)cc1. The molecule has 1 N–H and O–H groups in total. The van der Waals surface area contributed by atoms with Gasteiger partial charge in [0.25, 0.3) is 5.91 Å². The van der Waals surface area contributed by atoms with Gasteiger partial charge in [-0.1, -0.05) is 0 Å². The lowest BCUT2D eigenvalue weighted by atomic mass is 10.1. The second kappa shape index (κ2) is 6.30. The van der Waals surface area contributed by atoms with Crippen molar-refractivity contribution in [2.24, 2.45) is 0 Å². The fraction of sp³-hybridized carbons (Fsp3) is 0.385.